The van der Waals surface area contributed by atoms with Crippen LogP contribution in [0.25, 0.3) is 0 Å². The lowest BCUT2D eigenvalue weighted by molar-refractivity contribution is 0.288. The Labute approximate surface area is 139 Å². The number of hydrogen-bond donors (Lipinski definition) is 0. The molecule has 1 aliphatic heterocycles. The molecule has 1 aromatic heterocycles. The molecular weight excluding hydrogens is 284 g/mol. The Kier molecular flexibility index (Phi) is 4.85. The molecule has 1 aromatic carbocycles. The van der Waals surface area contributed by atoms with Crippen molar-refractivity contribution in [3.05, 3.63) is 47.7 Å². The molecule has 1 saturated carbocycles. The highest BCUT2D eigenvalue weighted by Gasteiger charge is 2.23. The van der Waals surface area contributed by atoms with Gasteiger partial charge in [0.15, 0.2) is 0 Å². The largest absolute Gasteiger partial charge is 0.493 e. The molecule has 1 fully saturated rings. The molecule has 0 radical (unpaired) electrons. The van der Waals surface area contributed by atoms with Crippen molar-refractivity contribution < 1.29 is 4.74 Å². The van der Waals surface area contributed by atoms with E-state index in [0.29, 0.717) is 0 Å². The van der Waals surface area contributed by atoms with Gasteiger partial charge in [0.25, 0.3) is 0 Å². The van der Waals surface area contributed by atoms with E-state index in [9.17, 15) is 0 Å². The monoisotopic (exact) mass is 310 g/mol. The van der Waals surface area contributed by atoms with Crippen molar-refractivity contribution in [2.75, 3.05) is 18.6 Å². The van der Waals surface area contributed by atoms with E-state index in [1.54, 1.807) is 0 Å². The number of pyridine rings is 1. The van der Waals surface area contributed by atoms with Crippen LogP contribution in [0.2, 0.25) is 0 Å². The molecule has 0 bridgehead atoms. The van der Waals surface area contributed by atoms with Crippen molar-refractivity contribution in [2.45, 2.75) is 45.4 Å². The fourth-order valence-electron chi connectivity index (χ4n) is 2.92. The molecule has 1 aliphatic carbocycles. The minimum atomic E-state index is 0.758. The molecule has 0 saturated heterocycles. The molecule has 2 aliphatic rings. The molecule has 122 valence electrons. The summed E-state index contributed by atoms with van der Waals surface area (Å²) in [5.41, 5.74) is 3.82. The SMILES string of the molecule is CC.CN(c1ccc2c(c1)OCCC2)c1ccc(C2CC2)cn1. The molecule has 4 rings (SSSR count). The highest BCUT2D eigenvalue weighted by molar-refractivity contribution is 5.62. The Morgan fingerprint density at radius 3 is 2.65 bits per heavy atom. The summed E-state index contributed by atoms with van der Waals surface area (Å²) in [5, 5.41) is 0. The fourth-order valence-corrected chi connectivity index (χ4v) is 2.92. The summed E-state index contributed by atoms with van der Waals surface area (Å²) in [5.74, 6) is 2.77. The van der Waals surface area contributed by atoms with Gasteiger partial charge in [-0.15, -0.1) is 0 Å². The predicted octanol–water partition coefficient (Wildman–Crippen LogP) is 5.08. The Balaban J connectivity index is 0.000000753. The quantitative estimate of drug-likeness (QED) is 0.790. The number of ether oxygens (including phenoxy) is 1. The summed E-state index contributed by atoms with van der Waals surface area (Å²) in [6.07, 6.45) is 6.90. The van der Waals surface area contributed by atoms with Crippen molar-refractivity contribution in [2.24, 2.45) is 0 Å². The van der Waals surface area contributed by atoms with Gasteiger partial charge in [-0.05, 0) is 54.9 Å². The number of benzene rings is 1. The van der Waals surface area contributed by atoms with Gasteiger partial charge in [-0.3, -0.25) is 0 Å². The molecule has 0 amide bonds. The van der Waals surface area contributed by atoms with E-state index in [1.807, 2.05) is 20.0 Å². The van der Waals surface area contributed by atoms with Crippen molar-refractivity contribution >= 4 is 11.5 Å². The van der Waals surface area contributed by atoms with Crippen LogP contribution < -0.4 is 9.64 Å². The second-order valence-corrected chi connectivity index (χ2v) is 6.03. The van der Waals surface area contributed by atoms with Gasteiger partial charge < -0.3 is 9.64 Å². The topological polar surface area (TPSA) is 25.4 Å². The summed E-state index contributed by atoms with van der Waals surface area (Å²) in [6, 6.07) is 10.8. The van der Waals surface area contributed by atoms with Crippen LogP contribution in [0, 0.1) is 0 Å². The van der Waals surface area contributed by atoms with Crippen molar-refractivity contribution in [1.82, 2.24) is 4.98 Å². The Morgan fingerprint density at radius 2 is 1.96 bits per heavy atom. The number of aromatic nitrogens is 1. The lowest BCUT2D eigenvalue weighted by Gasteiger charge is -2.22. The van der Waals surface area contributed by atoms with Crippen molar-refractivity contribution in [3.63, 3.8) is 0 Å². The molecule has 3 heteroatoms. The van der Waals surface area contributed by atoms with Crippen molar-refractivity contribution in [3.8, 4) is 5.75 Å². The fraction of sp³-hybridized carbons (Fsp3) is 0.450. The third kappa shape index (κ3) is 3.49. The molecular formula is C20H26N2O. The van der Waals surface area contributed by atoms with Crippen LogP contribution in [0.4, 0.5) is 11.5 Å². The lowest BCUT2D eigenvalue weighted by Crippen LogP contribution is -2.13. The average molecular weight is 310 g/mol. The van der Waals surface area contributed by atoms with Crippen LogP contribution in [0.5, 0.6) is 5.75 Å². The molecule has 0 N–H and O–H groups in total. The van der Waals surface area contributed by atoms with Crippen LogP contribution in [0.3, 0.4) is 0 Å². The normalized spacial score (nSPS) is 15.8. The van der Waals surface area contributed by atoms with Gasteiger partial charge in [0.1, 0.15) is 11.6 Å². The highest BCUT2D eigenvalue weighted by Crippen LogP contribution is 2.40. The molecule has 3 nitrogen and oxygen atoms in total. The first-order valence-electron chi connectivity index (χ1n) is 8.77. The minimum Gasteiger partial charge on any atom is -0.493 e. The van der Waals surface area contributed by atoms with E-state index < -0.39 is 0 Å². The van der Waals surface area contributed by atoms with E-state index in [-0.39, 0.29) is 0 Å². The van der Waals surface area contributed by atoms with Crippen LogP contribution >= 0.6 is 0 Å². The first kappa shape index (κ1) is 15.9. The van der Waals surface area contributed by atoms with E-state index >= 15 is 0 Å². The number of anilines is 2. The van der Waals surface area contributed by atoms with Gasteiger partial charge in [0.05, 0.1) is 6.61 Å². The summed E-state index contributed by atoms with van der Waals surface area (Å²) >= 11 is 0. The number of rotatable bonds is 3. The van der Waals surface area contributed by atoms with Crippen LogP contribution in [-0.2, 0) is 6.42 Å². The average Bonchev–Trinajstić information content (AvgIpc) is 3.48. The molecule has 0 spiro atoms. The van der Waals surface area contributed by atoms with E-state index in [4.69, 9.17) is 4.74 Å². The zero-order chi connectivity index (χ0) is 16.2. The number of hydrogen-bond acceptors (Lipinski definition) is 3. The second-order valence-electron chi connectivity index (χ2n) is 6.03. The summed E-state index contributed by atoms with van der Waals surface area (Å²) in [4.78, 5) is 6.73. The number of aryl methyl sites for hydroxylation is 1. The third-order valence-electron chi connectivity index (χ3n) is 4.45. The van der Waals surface area contributed by atoms with E-state index in [1.165, 1.54) is 24.0 Å². The maximum Gasteiger partial charge on any atom is 0.132 e. The maximum atomic E-state index is 5.76. The van der Waals surface area contributed by atoms with E-state index in [2.05, 4.69) is 47.3 Å². The highest BCUT2D eigenvalue weighted by atomic mass is 16.5. The van der Waals surface area contributed by atoms with Gasteiger partial charge in [0, 0.05) is 25.0 Å². The summed E-state index contributed by atoms with van der Waals surface area (Å²) < 4.78 is 5.76. The maximum absolute atomic E-state index is 5.76. The number of nitrogens with zero attached hydrogens (tertiary/aromatic N) is 2. The Morgan fingerprint density at radius 1 is 1.13 bits per heavy atom. The Bertz CT molecular complexity index is 647. The van der Waals surface area contributed by atoms with Gasteiger partial charge >= 0.3 is 0 Å². The predicted molar refractivity (Wildman–Crippen MR) is 95.9 cm³/mol. The Hall–Kier alpha value is -2.03. The smallest absolute Gasteiger partial charge is 0.132 e. The van der Waals surface area contributed by atoms with Crippen molar-refractivity contribution in [1.29, 1.82) is 0 Å². The van der Waals surface area contributed by atoms with E-state index in [0.717, 1.165) is 42.6 Å². The van der Waals surface area contributed by atoms with Crippen LogP contribution in [0.15, 0.2) is 36.5 Å². The molecule has 0 unspecified atom stereocenters. The summed E-state index contributed by atoms with van der Waals surface area (Å²) in [7, 11) is 2.06. The second kappa shape index (κ2) is 7.03. The van der Waals surface area contributed by atoms with Gasteiger partial charge in [-0.1, -0.05) is 26.0 Å². The summed E-state index contributed by atoms with van der Waals surface area (Å²) in [6.45, 7) is 4.83. The van der Waals surface area contributed by atoms with Gasteiger partial charge in [-0.2, -0.15) is 0 Å². The zero-order valence-corrected chi connectivity index (χ0v) is 14.4. The van der Waals surface area contributed by atoms with Gasteiger partial charge in [-0.25, -0.2) is 4.98 Å². The molecule has 2 aromatic rings. The lowest BCUT2D eigenvalue weighted by atomic mass is 10.1. The number of fused-ring (bicyclic) bond motifs is 1. The van der Waals surface area contributed by atoms with Gasteiger partial charge in [0.2, 0.25) is 0 Å². The standard InChI is InChI=1S/C18H20N2O.C2H6/c1-20(18-9-7-15(12-19-18)13-4-5-13)16-8-6-14-3-2-10-21-17(14)11-16;1-2/h6-9,11-13H,2-5,10H2,1H3;1-2H3. The molecule has 2 heterocycles. The molecule has 0 atom stereocenters. The third-order valence-corrected chi connectivity index (χ3v) is 4.45. The van der Waals surface area contributed by atoms with Crippen LogP contribution in [0.1, 0.15) is 50.2 Å². The molecule has 23 heavy (non-hydrogen) atoms. The minimum absolute atomic E-state index is 0.758. The zero-order valence-electron chi connectivity index (χ0n) is 14.4. The first-order valence-corrected chi connectivity index (χ1v) is 8.77. The first-order chi connectivity index (χ1) is 11.3. The van der Waals surface area contributed by atoms with Crippen LogP contribution in [-0.4, -0.2) is 18.6 Å².